The highest BCUT2D eigenvalue weighted by Crippen LogP contribution is 2.26. The zero-order chi connectivity index (χ0) is 9.97. The molecule has 5 nitrogen and oxygen atoms in total. The lowest BCUT2D eigenvalue weighted by molar-refractivity contribution is 0.193. The van der Waals surface area contributed by atoms with Crippen molar-refractivity contribution >= 4 is 0 Å². The van der Waals surface area contributed by atoms with Crippen molar-refractivity contribution in [2.75, 3.05) is 13.2 Å². The molecule has 1 atom stereocenters. The van der Waals surface area contributed by atoms with E-state index < -0.39 is 0 Å². The van der Waals surface area contributed by atoms with Crippen LogP contribution in [0.4, 0.5) is 0 Å². The quantitative estimate of drug-likeness (QED) is 0.679. The maximum atomic E-state index is 8.64. The zero-order valence-corrected chi connectivity index (χ0v) is 8.10. The molecule has 0 aliphatic carbocycles. The van der Waals surface area contributed by atoms with E-state index in [1.807, 2.05) is 7.05 Å². The molecular weight excluding hydrogens is 180 g/mol. The maximum absolute atomic E-state index is 8.64. The molecule has 0 aromatic carbocycles. The Morgan fingerprint density at radius 2 is 2.57 bits per heavy atom. The molecule has 1 unspecified atom stereocenters. The number of hydrogen-bond donors (Lipinski definition) is 0. The van der Waals surface area contributed by atoms with Crippen molar-refractivity contribution in [2.24, 2.45) is 7.05 Å². The van der Waals surface area contributed by atoms with Gasteiger partial charge >= 0.3 is 0 Å². The summed E-state index contributed by atoms with van der Waals surface area (Å²) in [5.41, 5.74) is 1.86. The molecule has 0 spiro atoms. The third-order valence-corrected chi connectivity index (χ3v) is 2.51. The van der Waals surface area contributed by atoms with Gasteiger partial charge in [0.1, 0.15) is 5.69 Å². The van der Waals surface area contributed by atoms with Crippen molar-refractivity contribution in [3.05, 3.63) is 11.4 Å². The molecule has 1 aromatic heterocycles. The average Bonchev–Trinajstić information content (AvgIpc) is 2.76. The van der Waals surface area contributed by atoms with E-state index in [-0.39, 0.29) is 0 Å². The minimum atomic E-state index is 0.333. The Labute approximate surface area is 82.3 Å². The minimum Gasteiger partial charge on any atom is -0.381 e. The van der Waals surface area contributed by atoms with E-state index >= 15 is 0 Å². The van der Waals surface area contributed by atoms with Gasteiger partial charge in [0.25, 0.3) is 0 Å². The van der Waals surface area contributed by atoms with Crippen LogP contribution in [0.5, 0.6) is 0 Å². The lowest BCUT2D eigenvalue weighted by Gasteiger charge is -2.08. The summed E-state index contributed by atoms with van der Waals surface area (Å²) >= 11 is 0. The van der Waals surface area contributed by atoms with Crippen LogP contribution in [-0.2, 0) is 18.2 Å². The van der Waals surface area contributed by atoms with E-state index in [2.05, 4.69) is 16.4 Å². The molecule has 1 aliphatic rings. The van der Waals surface area contributed by atoms with Crippen LogP contribution in [0.15, 0.2) is 0 Å². The molecular formula is C9H12N4O. The van der Waals surface area contributed by atoms with E-state index in [0.29, 0.717) is 12.3 Å². The first-order valence-electron chi connectivity index (χ1n) is 4.66. The number of hydrogen-bond acceptors (Lipinski definition) is 4. The number of ether oxygens (including phenoxy) is 1. The van der Waals surface area contributed by atoms with E-state index in [1.54, 1.807) is 4.68 Å². The van der Waals surface area contributed by atoms with Crippen molar-refractivity contribution in [1.29, 1.82) is 5.26 Å². The molecule has 1 aromatic rings. The van der Waals surface area contributed by atoms with Crippen LogP contribution in [-0.4, -0.2) is 28.2 Å². The fraction of sp³-hybridized carbons (Fsp3) is 0.667. The fourth-order valence-corrected chi connectivity index (χ4v) is 1.86. The molecule has 14 heavy (non-hydrogen) atoms. The second-order valence-corrected chi connectivity index (χ2v) is 3.44. The third kappa shape index (κ3) is 1.49. The van der Waals surface area contributed by atoms with Gasteiger partial charge in [0, 0.05) is 19.6 Å². The summed E-state index contributed by atoms with van der Waals surface area (Å²) in [6.45, 7) is 1.52. The minimum absolute atomic E-state index is 0.333. The molecule has 1 aliphatic heterocycles. The van der Waals surface area contributed by atoms with Crippen LogP contribution in [0, 0.1) is 11.3 Å². The molecule has 2 heterocycles. The van der Waals surface area contributed by atoms with Crippen molar-refractivity contribution in [2.45, 2.75) is 18.8 Å². The first-order chi connectivity index (χ1) is 6.83. The summed E-state index contributed by atoms with van der Waals surface area (Å²) in [7, 11) is 1.86. The molecule has 5 heteroatoms. The number of aryl methyl sites for hydroxylation is 1. The average molecular weight is 192 g/mol. The Morgan fingerprint density at radius 1 is 1.71 bits per heavy atom. The molecule has 0 radical (unpaired) electrons. The molecule has 74 valence electrons. The standard InChI is InChI=1S/C9H12N4O/c1-13-9(7-3-5-14-6-7)8(2-4-10)11-12-13/h7H,2-3,5-6H2,1H3. The molecule has 1 saturated heterocycles. The first-order valence-corrected chi connectivity index (χ1v) is 4.66. The molecule has 0 N–H and O–H groups in total. The number of nitrogens with zero attached hydrogens (tertiary/aromatic N) is 4. The molecule has 2 rings (SSSR count). The van der Waals surface area contributed by atoms with E-state index in [4.69, 9.17) is 10.00 Å². The van der Waals surface area contributed by atoms with Gasteiger partial charge in [0.15, 0.2) is 0 Å². The van der Waals surface area contributed by atoms with Crippen molar-refractivity contribution < 1.29 is 4.74 Å². The number of aromatic nitrogens is 3. The first kappa shape index (κ1) is 9.16. The zero-order valence-electron chi connectivity index (χ0n) is 8.10. The Kier molecular flexibility index (Phi) is 2.46. The Balaban J connectivity index is 2.29. The van der Waals surface area contributed by atoms with Gasteiger partial charge in [-0.2, -0.15) is 5.26 Å². The van der Waals surface area contributed by atoms with Crippen LogP contribution >= 0.6 is 0 Å². The van der Waals surface area contributed by atoms with Crippen LogP contribution < -0.4 is 0 Å². The van der Waals surface area contributed by atoms with E-state index in [1.165, 1.54) is 0 Å². The summed E-state index contributed by atoms with van der Waals surface area (Å²) in [5.74, 6) is 0.360. The van der Waals surface area contributed by atoms with Gasteiger partial charge in [0.2, 0.25) is 0 Å². The number of rotatable bonds is 2. The van der Waals surface area contributed by atoms with Crippen LogP contribution in [0.25, 0.3) is 0 Å². The Morgan fingerprint density at radius 3 is 3.21 bits per heavy atom. The lowest BCUT2D eigenvalue weighted by atomic mass is 10.0. The highest BCUT2D eigenvalue weighted by Gasteiger charge is 2.24. The highest BCUT2D eigenvalue weighted by atomic mass is 16.5. The second kappa shape index (κ2) is 3.76. The largest absolute Gasteiger partial charge is 0.381 e. The molecule has 0 saturated carbocycles. The van der Waals surface area contributed by atoms with Crippen LogP contribution in [0.3, 0.4) is 0 Å². The van der Waals surface area contributed by atoms with Gasteiger partial charge < -0.3 is 4.74 Å². The summed E-state index contributed by atoms with van der Waals surface area (Å²) < 4.78 is 7.07. The van der Waals surface area contributed by atoms with Gasteiger partial charge in [0.05, 0.1) is 24.8 Å². The normalized spacial score (nSPS) is 21.0. The number of nitriles is 1. The molecule has 1 fully saturated rings. The topological polar surface area (TPSA) is 63.7 Å². The smallest absolute Gasteiger partial charge is 0.100 e. The lowest BCUT2D eigenvalue weighted by Crippen LogP contribution is -2.07. The monoisotopic (exact) mass is 192 g/mol. The van der Waals surface area contributed by atoms with Gasteiger partial charge in [-0.25, -0.2) is 0 Å². The van der Waals surface area contributed by atoms with Gasteiger partial charge in [-0.15, -0.1) is 5.10 Å². The summed E-state index contributed by atoms with van der Waals surface area (Å²) in [6.07, 6.45) is 1.33. The van der Waals surface area contributed by atoms with E-state index in [9.17, 15) is 0 Å². The molecule has 0 amide bonds. The predicted octanol–water partition coefficient (Wildman–Crippen LogP) is 0.385. The van der Waals surface area contributed by atoms with Crippen LogP contribution in [0.1, 0.15) is 23.7 Å². The third-order valence-electron chi connectivity index (χ3n) is 2.51. The summed E-state index contributed by atoms with van der Waals surface area (Å²) in [4.78, 5) is 0. The van der Waals surface area contributed by atoms with Crippen molar-refractivity contribution in [1.82, 2.24) is 15.0 Å². The van der Waals surface area contributed by atoms with Crippen molar-refractivity contribution in [3.63, 3.8) is 0 Å². The summed E-state index contributed by atoms with van der Waals surface area (Å²) in [6, 6.07) is 2.10. The van der Waals surface area contributed by atoms with E-state index in [0.717, 1.165) is 31.0 Å². The van der Waals surface area contributed by atoms with Crippen LogP contribution in [0.2, 0.25) is 0 Å². The summed E-state index contributed by atoms with van der Waals surface area (Å²) in [5, 5.41) is 16.6. The van der Waals surface area contributed by atoms with Gasteiger partial charge in [-0.05, 0) is 6.42 Å². The predicted molar refractivity (Wildman–Crippen MR) is 48.5 cm³/mol. The van der Waals surface area contributed by atoms with Gasteiger partial charge in [-0.3, -0.25) is 4.68 Å². The van der Waals surface area contributed by atoms with Crippen molar-refractivity contribution in [3.8, 4) is 6.07 Å². The SMILES string of the molecule is Cn1nnc(CC#N)c1C1CCOC1. The molecule has 0 bridgehead atoms. The Bertz CT molecular complexity index is 359. The highest BCUT2D eigenvalue weighted by molar-refractivity contribution is 5.19. The second-order valence-electron chi connectivity index (χ2n) is 3.44. The fourth-order valence-electron chi connectivity index (χ4n) is 1.86. The Hall–Kier alpha value is -1.41. The van der Waals surface area contributed by atoms with Gasteiger partial charge in [-0.1, -0.05) is 5.21 Å². The maximum Gasteiger partial charge on any atom is 0.100 e.